The van der Waals surface area contributed by atoms with Gasteiger partial charge >= 0.3 is 6.26 Å². The number of hydrogen-bond acceptors (Lipinski definition) is 4. The number of hydroxylamine groups is 1. The summed E-state index contributed by atoms with van der Waals surface area (Å²) in [5.41, 5.74) is 2.35. The molecule has 0 atom stereocenters. The van der Waals surface area contributed by atoms with Crippen LogP contribution in [0.5, 0.6) is 0 Å². The summed E-state index contributed by atoms with van der Waals surface area (Å²) in [6.45, 7) is 0.594. The van der Waals surface area contributed by atoms with Crippen LogP contribution in [0, 0.1) is 11.5 Å². The summed E-state index contributed by atoms with van der Waals surface area (Å²) in [4.78, 5) is 4.08. The van der Waals surface area contributed by atoms with E-state index >= 15 is 0 Å². The molecule has 0 aliphatic heterocycles. The van der Waals surface area contributed by atoms with E-state index in [1.807, 2.05) is 0 Å². The molecule has 0 amide bonds. The lowest BCUT2D eigenvalue weighted by molar-refractivity contribution is 0.159. The minimum Gasteiger partial charge on any atom is -0.330 e. The zero-order valence-corrected chi connectivity index (χ0v) is 4.61. The molecule has 0 aromatic carbocycles. The van der Waals surface area contributed by atoms with E-state index < -0.39 is 0 Å². The molecule has 4 heteroatoms. The molecule has 0 saturated heterocycles. The Balaban J connectivity index is 2.60. The van der Waals surface area contributed by atoms with E-state index in [9.17, 15) is 0 Å². The highest BCUT2D eigenvalue weighted by Gasteiger charge is 1.75. The van der Waals surface area contributed by atoms with Gasteiger partial charge in [0.2, 0.25) is 0 Å². The van der Waals surface area contributed by atoms with E-state index in [1.165, 1.54) is 6.26 Å². The van der Waals surface area contributed by atoms with Crippen LogP contribution in [0.3, 0.4) is 0 Å². The van der Waals surface area contributed by atoms with Crippen LogP contribution in [-0.2, 0) is 4.84 Å². The lowest BCUT2D eigenvalue weighted by Crippen LogP contribution is -2.13. The summed E-state index contributed by atoms with van der Waals surface area (Å²) in [6, 6.07) is 0. The van der Waals surface area contributed by atoms with Gasteiger partial charge in [0.05, 0.1) is 0 Å². The summed E-state index contributed by atoms with van der Waals surface area (Å²) in [6.07, 6.45) is 1.46. The second-order valence-electron chi connectivity index (χ2n) is 0.811. The van der Waals surface area contributed by atoms with Crippen LogP contribution < -0.4 is 5.48 Å². The van der Waals surface area contributed by atoms with Crippen molar-refractivity contribution in [2.45, 2.75) is 0 Å². The highest BCUT2D eigenvalue weighted by molar-refractivity contribution is 7.80. The average Bonchev–Trinajstić information content (AvgIpc) is 1.69. The standard InChI is InChI=1S/C3H6N2OS/c4-3-6-5-1-2-7/h5,7H,1-2H2. The van der Waals surface area contributed by atoms with Crippen LogP contribution in [0.25, 0.3) is 0 Å². The number of nitrogens with zero attached hydrogens (tertiary/aromatic N) is 1. The fourth-order valence-corrected chi connectivity index (χ4v) is 0.220. The Bertz CT molecular complexity index is 69.8. The SMILES string of the molecule is N#CONCCS. The van der Waals surface area contributed by atoms with Crippen LogP contribution in [-0.4, -0.2) is 12.3 Å². The fraction of sp³-hybridized carbons (Fsp3) is 0.667. The number of nitrogens with one attached hydrogen (secondary N) is 1. The Morgan fingerprint density at radius 3 is 3.00 bits per heavy atom. The average molecular weight is 118 g/mol. The molecule has 0 bridgehead atoms. The van der Waals surface area contributed by atoms with E-state index in [-0.39, 0.29) is 0 Å². The summed E-state index contributed by atoms with van der Waals surface area (Å²) >= 11 is 3.84. The van der Waals surface area contributed by atoms with Crippen molar-refractivity contribution in [1.29, 1.82) is 5.26 Å². The number of nitriles is 1. The van der Waals surface area contributed by atoms with Crippen molar-refractivity contribution < 1.29 is 4.84 Å². The van der Waals surface area contributed by atoms with Crippen molar-refractivity contribution in [2.75, 3.05) is 12.3 Å². The van der Waals surface area contributed by atoms with Gasteiger partial charge in [0.25, 0.3) is 0 Å². The molecule has 3 nitrogen and oxygen atoms in total. The first-order valence-electron chi connectivity index (χ1n) is 1.80. The normalized spacial score (nSPS) is 7.43. The Morgan fingerprint density at radius 2 is 2.57 bits per heavy atom. The first-order valence-corrected chi connectivity index (χ1v) is 2.43. The van der Waals surface area contributed by atoms with Crippen molar-refractivity contribution in [3.05, 3.63) is 0 Å². The molecule has 1 N–H and O–H groups in total. The van der Waals surface area contributed by atoms with Crippen molar-refractivity contribution in [3.63, 3.8) is 0 Å². The van der Waals surface area contributed by atoms with Gasteiger partial charge < -0.3 is 4.84 Å². The van der Waals surface area contributed by atoms with Gasteiger partial charge in [-0.1, -0.05) is 0 Å². The highest BCUT2D eigenvalue weighted by Crippen LogP contribution is 1.66. The topological polar surface area (TPSA) is 45.0 Å². The molecule has 7 heavy (non-hydrogen) atoms. The third-order valence-electron chi connectivity index (χ3n) is 0.332. The molecule has 0 aromatic heterocycles. The van der Waals surface area contributed by atoms with Crippen LogP contribution in [0.2, 0.25) is 0 Å². The molecular formula is C3H6N2OS. The smallest absolute Gasteiger partial charge is 0.307 e. The molecular weight excluding hydrogens is 112 g/mol. The van der Waals surface area contributed by atoms with E-state index in [2.05, 4.69) is 22.9 Å². The lowest BCUT2D eigenvalue weighted by Gasteiger charge is -1.90. The molecule has 0 radical (unpaired) electrons. The quantitative estimate of drug-likeness (QED) is 0.236. The van der Waals surface area contributed by atoms with Gasteiger partial charge in [-0.3, -0.25) is 0 Å². The van der Waals surface area contributed by atoms with Gasteiger partial charge in [0.1, 0.15) is 0 Å². The van der Waals surface area contributed by atoms with E-state index in [1.54, 1.807) is 0 Å². The zero-order valence-electron chi connectivity index (χ0n) is 3.72. The number of rotatable bonds is 3. The molecule has 0 unspecified atom stereocenters. The molecule has 0 spiro atoms. The number of hydrogen-bond donors (Lipinski definition) is 2. The fourth-order valence-electron chi connectivity index (χ4n) is 0.129. The maximum atomic E-state index is 7.73. The number of thiol groups is 1. The van der Waals surface area contributed by atoms with Crippen molar-refractivity contribution >= 4 is 12.6 Å². The Hall–Kier alpha value is -0.400. The summed E-state index contributed by atoms with van der Waals surface area (Å²) < 4.78 is 0. The van der Waals surface area contributed by atoms with Crippen LogP contribution in [0.15, 0.2) is 0 Å². The van der Waals surface area contributed by atoms with E-state index in [0.717, 1.165) is 0 Å². The molecule has 0 saturated carbocycles. The van der Waals surface area contributed by atoms with Gasteiger partial charge in [-0.15, -0.1) is 10.7 Å². The minimum absolute atomic E-state index is 0.594. The molecule has 0 aliphatic carbocycles. The second-order valence-corrected chi connectivity index (χ2v) is 1.26. The zero-order chi connectivity index (χ0) is 5.54. The van der Waals surface area contributed by atoms with E-state index in [4.69, 9.17) is 5.26 Å². The predicted octanol–water partition coefficient (Wildman–Crippen LogP) is -0.0815. The third kappa shape index (κ3) is 5.60. The van der Waals surface area contributed by atoms with Gasteiger partial charge in [-0.25, -0.2) is 0 Å². The van der Waals surface area contributed by atoms with E-state index in [0.29, 0.717) is 12.3 Å². The highest BCUT2D eigenvalue weighted by atomic mass is 32.1. The second kappa shape index (κ2) is 5.60. The lowest BCUT2D eigenvalue weighted by atomic mass is 10.8. The summed E-state index contributed by atoms with van der Waals surface area (Å²) in [7, 11) is 0. The molecule has 0 aliphatic rings. The largest absolute Gasteiger partial charge is 0.330 e. The van der Waals surface area contributed by atoms with Crippen LogP contribution in [0.4, 0.5) is 0 Å². The third-order valence-corrected chi connectivity index (χ3v) is 0.555. The Morgan fingerprint density at radius 1 is 1.86 bits per heavy atom. The monoisotopic (exact) mass is 118 g/mol. The first kappa shape index (κ1) is 6.60. The molecule has 0 aromatic rings. The first-order chi connectivity index (χ1) is 3.41. The van der Waals surface area contributed by atoms with Crippen molar-refractivity contribution in [3.8, 4) is 6.26 Å². The van der Waals surface area contributed by atoms with Gasteiger partial charge in [-0.05, 0) is 0 Å². The molecule has 0 heterocycles. The van der Waals surface area contributed by atoms with Crippen molar-refractivity contribution in [1.82, 2.24) is 5.48 Å². The maximum Gasteiger partial charge on any atom is 0.307 e. The molecule has 40 valence electrons. The summed E-state index contributed by atoms with van der Waals surface area (Å²) in [5, 5.41) is 7.73. The predicted molar refractivity (Wildman–Crippen MR) is 28.6 cm³/mol. The van der Waals surface area contributed by atoms with Gasteiger partial charge in [-0.2, -0.15) is 12.6 Å². The van der Waals surface area contributed by atoms with Gasteiger partial charge in [0.15, 0.2) is 0 Å². The van der Waals surface area contributed by atoms with Crippen LogP contribution in [0.1, 0.15) is 0 Å². The molecule has 0 rings (SSSR count). The maximum absolute atomic E-state index is 7.73. The van der Waals surface area contributed by atoms with Gasteiger partial charge in [0, 0.05) is 12.3 Å². The minimum atomic E-state index is 0.594. The van der Waals surface area contributed by atoms with Crippen molar-refractivity contribution in [2.24, 2.45) is 0 Å². The Labute approximate surface area is 47.6 Å². The molecule has 0 fully saturated rings. The Kier molecular flexibility index (Phi) is 5.28. The summed E-state index contributed by atoms with van der Waals surface area (Å²) in [5.74, 6) is 0.668. The van der Waals surface area contributed by atoms with Crippen LogP contribution >= 0.6 is 12.6 Å².